The van der Waals surface area contributed by atoms with E-state index in [0.717, 1.165) is 31.5 Å². The van der Waals surface area contributed by atoms with Gasteiger partial charge < -0.3 is 30.0 Å². The number of aromatic amines is 2. The Morgan fingerprint density at radius 2 is 1.84 bits per heavy atom. The summed E-state index contributed by atoms with van der Waals surface area (Å²) in [5.74, 6) is -0.369. The fourth-order valence-electron chi connectivity index (χ4n) is 6.05. The summed E-state index contributed by atoms with van der Waals surface area (Å²) in [6, 6.07) is 7.82. The van der Waals surface area contributed by atoms with Gasteiger partial charge in [0.05, 0.1) is 32.8 Å². The lowest BCUT2D eigenvalue weighted by atomic mass is 10.0. The molecule has 6 rings (SSSR count). The monoisotopic (exact) mass is 615 g/mol. The molecular formula is C31H33N7O7. The van der Waals surface area contributed by atoms with Gasteiger partial charge in [0.25, 0.3) is 17.4 Å². The first kappa shape index (κ1) is 30.0. The number of nitro groups is 1. The van der Waals surface area contributed by atoms with Gasteiger partial charge in [0.1, 0.15) is 24.1 Å². The number of nitrogens with one attached hydrogen (secondary N) is 3. The summed E-state index contributed by atoms with van der Waals surface area (Å²) in [4.78, 5) is 64.4. The molecule has 4 aromatic rings. The number of imide groups is 1. The minimum atomic E-state index is -1.08. The largest absolute Gasteiger partial charge is 0.484 e. The number of hydrogen-bond donors (Lipinski definition) is 4. The average molecular weight is 616 g/mol. The lowest BCUT2D eigenvalue weighted by molar-refractivity contribution is -0.386. The second-order valence-corrected chi connectivity index (χ2v) is 11.6. The smallest absolute Gasteiger partial charge is 0.311 e. The Morgan fingerprint density at radius 3 is 2.56 bits per heavy atom. The number of nitrogens with zero attached hydrogens (tertiary/aromatic N) is 4. The maximum atomic E-state index is 13.3. The summed E-state index contributed by atoms with van der Waals surface area (Å²) in [6.45, 7) is 4.79. The zero-order valence-electron chi connectivity index (χ0n) is 25.0. The molecule has 14 nitrogen and oxygen atoms in total. The van der Waals surface area contributed by atoms with Crippen molar-refractivity contribution in [2.45, 2.75) is 38.8 Å². The molecule has 14 heteroatoms. The fourth-order valence-corrected chi connectivity index (χ4v) is 6.05. The number of carbonyl (C=O) groups excluding carboxylic acids is 2. The molecule has 2 aliphatic heterocycles. The predicted molar refractivity (Wildman–Crippen MR) is 166 cm³/mol. The number of imidazole rings is 1. The number of aromatic nitrogens is 3. The molecule has 4 N–H and O–H groups in total. The zero-order valence-corrected chi connectivity index (χ0v) is 25.0. The van der Waals surface area contributed by atoms with Gasteiger partial charge in [-0.05, 0) is 76.2 Å². The van der Waals surface area contributed by atoms with E-state index in [0.29, 0.717) is 27.8 Å². The average Bonchev–Trinajstić information content (AvgIpc) is 3.51. The van der Waals surface area contributed by atoms with E-state index < -0.39 is 16.6 Å². The molecule has 2 aliphatic rings. The highest BCUT2D eigenvalue weighted by Gasteiger charge is 2.41. The lowest BCUT2D eigenvalue weighted by Crippen LogP contribution is -2.46. The molecule has 45 heavy (non-hydrogen) atoms. The summed E-state index contributed by atoms with van der Waals surface area (Å²) >= 11 is 0. The molecule has 0 bridgehead atoms. The van der Waals surface area contributed by atoms with Gasteiger partial charge in [-0.3, -0.25) is 29.4 Å². The molecule has 0 saturated carbocycles. The number of aliphatic hydroxyl groups excluding tert-OH is 1. The van der Waals surface area contributed by atoms with Crippen molar-refractivity contribution in [2.75, 3.05) is 38.6 Å². The quantitative estimate of drug-likeness (QED) is 0.124. The number of piperidine rings is 1. The van der Waals surface area contributed by atoms with E-state index in [-0.39, 0.29) is 59.4 Å². The van der Waals surface area contributed by atoms with Crippen molar-refractivity contribution in [2.24, 2.45) is 0 Å². The number of aryl methyl sites for hydroxylation is 2. The van der Waals surface area contributed by atoms with Crippen molar-refractivity contribution in [3.05, 3.63) is 79.3 Å². The van der Waals surface area contributed by atoms with Crippen LogP contribution in [0.1, 0.15) is 44.7 Å². The van der Waals surface area contributed by atoms with Crippen LogP contribution in [0.25, 0.3) is 22.4 Å². The van der Waals surface area contributed by atoms with E-state index >= 15 is 0 Å². The van der Waals surface area contributed by atoms with Gasteiger partial charge in [0, 0.05) is 24.8 Å². The highest BCUT2D eigenvalue weighted by Crippen LogP contribution is 2.34. The molecule has 1 unspecified atom stereocenters. The summed E-state index contributed by atoms with van der Waals surface area (Å²) in [7, 11) is 2.02. The Hall–Kier alpha value is -5.08. The predicted octanol–water partition coefficient (Wildman–Crippen LogP) is 2.99. The van der Waals surface area contributed by atoms with Gasteiger partial charge in [-0.25, -0.2) is 4.98 Å². The van der Waals surface area contributed by atoms with Gasteiger partial charge in [-0.1, -0.05) is 6.07 Å². The molecular weight excluding hydrogens is 582 g/mol. The number of aliphatic hydroxyl groups is 1. The minimum Gasteiger partial charge on any atom is -0.484 e. The maximum Gasteiger partial charge on any atom is 0.311 e. The highest BCUT2D eigenvalue weighted by molar-refractivity contribution is 6.23. The lowest BCUT2D eigenvalue weighted by Gasteiger charge is -2.33. The van der Waals surface area contributed by atoms with Gasteiger partial charge >= 0.3 is 5.69 Å². The summed E-state index contributed by atoms with van der Waals surface area (Å²) in [6.07, 6.45) is 1.81. The number of nitro benzene ring substituents is 1. The van der Waals surface area contributed by atoms with Crippen LogP contribution < -0.4 is 15.6 Å². The first-order chi connectivity index (χ1) is 21.5. The van der Waals surface area contributed by atoms with Crippen LogP contribution in [-0.2, 0) is 0 Å². The third kappa shape index (κ3) is 5.65. The molecule has 2 aromatic carbocycles. The van der Waals surface area contributed by atoms with Gasteiger partial charge in [0.15, 0.2) is 5.75 Å². The zero-order chi connectivity index (χ0) is 32.0. The highest BCUT2D eigenvalue weighted by atomic mass is 16.6. The number of amides is 2. The molecule has 2 amide bonds. The second-order valence-electron chi connectivity index (χ2n) is 11.6. The standard InChI is InChI=1S/C31H33N7O7/c1-16-10-17(2)27(25(11-16)38(43)44)45-15-19(39)14-33-22-4-7-32-29(40)26(22)28-34-23-12-20-21(13-24(23)35-28)31(42)37(30(20)41)18-5-8-36(3)9-6-18/h4,7,10-13,18-19,39H,5-6,8-9,14-15H2,1-3H3,(H,34,35)(H2,32,33,40). The molecule has 1 saturated heterocycles. The Morgan fingerprint density at radius 1 is 1.13 bits per heavy atom. The number of H-pyrrole nitrogens is 2. The van der Waals surface area contributed by atoms with Crippen LogP contribution in [-0.4, -0.2) is 92.0 Å². The first-order valence-electron chi connectivity index (χ1n) is 14.6. The number of anilines is 1. The Balaban J connectivity index is 1.20. The third-order valence-corrected chi connectivity index (χ3v) is 8.31. The number of carbonyl (C=O) groups is 2. The summed E-state index contributed by atoms with van der Waals surface area (Å²) < 4.78 is 5.64. The molecule has 0 radical (unpaired) electrons. The van der Waals surface area contributed by atoms with Gasteiger partial charge in [0.2, 0.25) is 0 Å². The van der Waals surface area contributed by atoms with Gasteiger partial charge in [-0.2, -0.15) is 0 Å². The second kappa shape index (κ2) is 11.8. The molecule has 234 valence electrons. The number of pyridine rings is 1. The normalized spacial score (nSPS) is 16.3. The third-order valence-electron chi connectivity index (χ3n) is 8.31. The molecule has 0 spiro atoms. The Kier molecular flexibility index (Phi) is 7.85. The van der Waals surface area contributed by atoms with Crippen LogP contribution in [0.15, 0.2) is 41.3 Å². The molecule has 1 fully saturated rings. The molecule has 4 heterocycles. The van der Waals surface area contributed by atoms with Crippen molar-refractivity contribution < 1.29 is 24.4 Å². The van der Waals surface area contributed by atoms with Crippen LogP contribution in [0, 0.1) is 24.0 Å². The Labute approximate surface area is 257 Å². The van der Waals surface area contributed by atoms with Crippen LogP contribution >= 0.6 is 0 Å². The maximum absolute atomic E-state index is 13.3. The van der Waals surface area contributed by atoms with Crippen molar-refractivity contribution in [1.82, 2.24) is 24.8 Å². The van der Waals surface area contributed by atoms with Crippen molar-refractivity contribution in [3.8, 4) is 17.1 Å². The molecule has 0 aliphatic carbocycles. The minimum absolute atomic E-state index is 0.0422. The van der Waals surface area contributed by atoms with E-state index in [2.05, 4.69) is 25.2 Å². The number of hydrogen-bond acceptors (Lipinski definition) is 10. The van der Waals surface area contributed by atoms with Crippen molar-refractivity contribution in [1.29, 1.82) is 0 Å². The summed E-state index contributed by atoms with van der Waals surface area (Å²) in [5, 5.41) is 25.2. The van der Waals surface area contributed by atoms with Gasteiger partial charge in [-0.15, -0.1) is 0 Å². The number of benzene rings is 2. The van der Waals surface area contributed by atoms with E-state index in [4.69, 9.17) is 4.74 Å². The molecule has 2 aromatic heterocycles. The fraction of sp³-hybridized carbons (Fsp3) is 0.355. The SMILES string of the molecule is Cc1cc(C)c(OCC(O)CNc2cc[nH]c(=O)c2-c2nc3cc4c(cc3[nH]2)C(=O)N(C2CCN(C)CC2)C4=O)c([N+](=O)[O-])c1. The summed E-state index contributed by atoms with van der Waals surface area (Å²) in [5.41, 5.74) is 2.69. The van der Waals surface area contributed by atoms with E-state index in [1.54, 1.807) is 38.1 Å². The van der Waals surface area contributed by atoms with Crippen molar-refractivity contribution in [3.63, 3.8) is 0 Å². The first-order valence-corrected chi connectivity index (χ1v) is 14.6. The number of likely N-dealkylation sites (tertiary alicyclic amines) is 1. The van der Waals surface area contributed by atoms with E-state index in [1.165, 1.54) is 17.2 Å². The van der Waals surface area contributed by atoms with Crippen LogP contribution in [0.4, 0.5) is 11.4 Å². The number of fused-ring (bicyclic) bond motifs is 2. The van der Waals surface area contributed by atoms with Crippen LogP contribution in [0.5, 0.6) is 5.75 Å². The number of ether oxygens (including phenoxy) is 1. The van der Waals surface area contributed by atoms with E-state index in [9.17, 15) is 29.6 Å². The topological polar surface area (TPSA) is 187 Å². The van der Waals surface area contributed by atoms with Crippen molar-refractivity contribution >= 4 is 34.2 Å². The Bertz CT molecular complexity index is 1840. The molecule has 1 atom stereocenters. The van der Waals surface area contributed by atoms with E-state index in [1.807, 2.05) is 7.05 Å². The number of rotatable bonds is 9. The van der Waals surface area contributed by atoms with Crippen LogP contribution in [0.2, 0.25) is 0 Å². The van der Waals surface area contributed by atoms with Crippen LogP contribution in [0.3, 0.4) is 0 Å².